The average molecular weight is 509 g/mol. The molecule has 3 N–H and O–H groups in total. The van der Waals surface area contributed by atoms with Crippen LogP contribution in [0.4, 0.5) is 0 Å². The lowest BCUT2D eigenvalue weighted by Gasteiger charge is -2.29. The second-order valence-corrected chi connectivity index (χ2v) is 10.6. The maximum Gasteiger partial charge on any atom is 0.173 e. The van der Waals surface area contributed by atoms with Crippen LogP contribution in [0.3, 0.4) is 0 Å². The van der Waals surface area contributed by atoms with Crippen molar-refractivity contribution in [3.8, 4) is 11.1 Å². The lowest BCUT2D eigenvalue weighted by atomic mass is 9.90. The van der Waals surface area contributed by atoms with Crippen molar-refractivity contribution in [1.82, 2.24) is 19.3 Å². The number of nitrogens with zero attached hydrogens (tertiary/aromatic N) is 5. The zero-order valence-corrected chi connectivity index (χ0v) is 22.6. The van der Waals surface area contributed by atoms with Crippen LogP contribution in [-0.4, -0.2) is 36.0 Å². The lowest BCUT2D eigenvalue weighted by molar-refractivity contribution is -0.0322. The maximum atomic E-state index is 9.67. The average Bonchev–Trinajstić information content (AvgIpc) is 3.32. The Morgan fingerprint density at radius 2 is 1.86 bits per heavy atom. The number of fused-ring (bicyclic) bond motifs is 1. The largest absolute Gasteiger partial charge is 0.409 e. The van der Waals surface area contributed by atoms with Gasteiger partial charge in [0.1, 0.15) is 11.8 Å². The molecule has 0 fully saturated rings. The van der Waals surface area contributed by atoms with Crippen LogP contribution in [0.2, 0.25) is 5.02 Å². The molecular formula is C27H33ClN6O2. The molecule has 0 spiro atoms. The SMILES string of the molecule is Cc1nc2c(c(C)c(C)n2Cc2cnn(C)c2)c(-c2ccc(Cl)cc2)c1C(OC(C)(C)C)C(N)=NO. The smallest absolute Gasteiger partial charge is 0.173 e. The molecule has 8 nitrogen and oxygen atoms in total. The van der Waals surface area contributed by atoms with Gasteiger partial charge in [0.25, 0.3) is 0 Å². The van der Waals surface area contributed by atoms with E-state index in [0.29, 0.717) is 11.6 Å². The van der Waals surface area contributed by atoms with E-state index in [2.05, 4.69) is 28.7 Å². The van der Waals surface area contributed by atoms with Crippen LogP contribution < -0.4 is 5.73 Å². The van der Waals surface area contributed by atoms with Crippen molar-refractivity contribution in [2.75, 3.05) is 0 Å². The van der Waals surface area contributed by atoms with E-state index in [0.717, 1.165) is 50.2 Å². The summed E-state index contributed by atoms with van der Waals surface area (Å²) in [4.78, 5) is 5.07. The van der Waals surface area contributed by atoms with Crippen molar-refractivity contribution in [1.29, 1.82) is 0 Å². The topological polar surface area (TPSA) is 103 Å². The number of benzene rings is 1. The first-order chi connectivity index (χ1) is 16.9. The van der Waals surface area contributed by atoms with E-state index in [4.69, 9.17) is 27.1 Å². The van der Waals surface area contributed by atoms with Crippen LogP contribution in [0.25, 0.3) is 22.2 Å². The second-order valence-electron chi connectivity index (χ2n) is 10.1. The predicted molar refractivity (Wildman–Crippen MR) is 144 cm³/mol. The first kappa shape index (κ1) is 25.7. The number of hydrogen-bond donors (Lipinski definition) is 2. The molecule has 4 aromatic rings. The van der Waals surface area contributed by atoms with Gasteiger partial charge >= 0.3 is 0 Å². The molecule has 1 aromatic carbocycles. The zero-order chi connectivity index (χ0) is 26.4. The molecule has 1 unspecified atom stereocenters. The molecule has 0 saturated heterocycles. The number of halogens is 1. The minimum atomic E-state index is -0.807. The summed E-state index contributed by atoms with van der Waals surface area (Å²) in [6.07, 6.45) is 3.07. The van der Waals surface area contributed by atoms with Gasteiger partial charge in [0.2, 0.25) is 0 Å². The summed E-state index contributed by atoms with van der Waals surface area (Å²) in [6, 6.07) is 7.68. The molecule has 4 rings (SSSR count). The van der Waals surface area contributed by atoms with Gasteiger partial charge in [0.15, 0.2) is 5.84 Å². The number of oxime groups is 1. The molecule has 0 aliphatic carbocycles. The fourth-order valence-corrected chi connectivity index (χ4v) is 4.76. The van der Waals surface area contributed by atoms with Gasteiger partial charge in [0.05, 0.1) is 18.3 Å². The third kappa shape index (κ3) is 4.83. The normalized spacial score (nSPS) is 13.5. The highest BCUT2D eigenvalue weighted by atomic mass is 35.5. The Balaban J connectivity index is 2.09. The number of ether oxygens (including phenoxy) is 1. The van der Waals surface area contributed by atoms with Crippen molar-refractivity contribution in [3.05, 3.63) is 69.8 Å². The third-order valence-corrected chi connectivity index (χ3v) is 6.59. The summed E-state index contributed by atoms with van der Waals surface area (Å²) in [6.45, 7) is 12.6. The summed E-state index contributed by atoms with van der Waals surface area (Å²) in [5, 5.41) is 19.0. The van der Waals surface area contributed by atoms with E-state index in [1.54, 1.807) is 4.68 Å². The molecule has 3 heterocycles. The first-order valence-corrected chi connectivity index (χ1v) is 12.2. The number of rotatable bonds is 6. The molecule has 0 saturated carbocycles. The number of pyridine rings is 1. The Labute approximate surface area is 216 Å². The van der Waals surface area contributed by atoms with Crippen molar-refractivity contribution in [2.45, 2.75) is 59.8 Å². The standard InChI is InChI=1S/C27H33ClN6O2/c1-15-17(3)34(14-18-12-30-33(7)13-18)26-21(15)23(19-8-10-20(28)11-9-19)22(16(2)31-26)24(25(29)32-35)36-27(4,5)6/h8-13,24,35H,14H2,1-7H3,(H2,29,32). The molecule has 9 heteroatoms. The Morgan fingerprint density at radius 1 is 1.19 bits per heavy atom. The van der Waals surface area contributed by atoms with Crippen molar-refractivity contribution < 1.29 is 9.94 Å². The number of amidine groups is 1. The van der Waals surface area contributed by atoms with E-state index in [1.807, 2.05) is 71.4 Å². The van der Waals surface area contributed by atoms with E-state index in [1.165, 1.54) is 0 Å². The number of nitrogens with two attached hydrogens (primary N) is 1. The van der Waals surface area contributed by atoms with Crippen LogP contribution in [0.5, 0.6) is 0 Å². The predicted octanol–water partition coefficient (Wildman–Crippen LogP) is 5.67. The molecule has 0 bridgehead atoms. The maximum absolute atomic E-state index is 9.67. The van der Waals surface area contributed by atoms with E-state index in [-0.39, 0.29) is 5.84 Å². The molecule has 0 aliphatic heterocycles. The van der Waals surface area contributed by atoms with Crippen molar-refractivity contribution >= 4 is 28.5 Å². The summed E-state index contributed by atoms with van der Waals surface area (Å²) >= 11 is 6.24. The highest BCUT2D eigenvalue weighted by molar-refractivity contribution is 6.30. The quantitative estimate of drug-likeness (QED) is 0.151. The van der Waals surface area contributed by atoms with Gasteiger partial charge in [0, 0.05) is 51.7 Å². The summed E-state index contributed by atoms with van der Waals surface area (Å²) in [7, 11) is 1.91. The molecule has 0 amide bonds. The van der Waals surface area contributed by atoms with E-state index < -0.39 is 11.7 Å². The highest BCUT2D eigenvalue weighted by Crippen LogP contribution is 2.42. The fraction of sp³-hybridized carbons (Fsp3) is 0.370. The van der Waals surface area contributed by atoms with Crippen molar-refractivity contribution in [2.24, 2.45) is 17.9 Å². The van der Waals surface area contributed by atoms with Gasteiger partial charge in [-0.25, -0.2) is 4.98 Å². The van der Waals surface area contributed by atoms with Crippen LogP contribution in [0.1, 0.15) is 55.0 Å². The van der Waals surface area contributed by atoms with Gasteiger partial charge in [-0.15, -0.1) is 0 Å². The van der Waals surface area contributed by atoms with E-state index in [9.17, 15) is 5.21 Å². The minimum Gasteiger partial charge on any atom is -0.409 e. The Kier molecular flexibility index (Phi) is 6.86. The number of hydrogen-bond acceptors (Lipinski definition) is 5. The highest BCUT2D eigenvalue weighted by Gasteiger charge is 2.32. The summed E-state index contributed by atoms with van der Waals surface area (Å²) < 4.78 is 10.4. The Hall–Kier alpha value is -3.36. The minimum absolute atomic E-state index is 0.0337. The van der Waals surface area contributed by atoms with Crippen LogP contribution in [0.15, 0.2) is 41.8 Å². The molecule has 1 atom stereocenters. The molecule has 36 heavy (non-hydrogen) atoms. The molecule has 190 valence electrons. The molecule has 0 aliphatic rings. The third-order valence-electron chi connectivity index (χ3n) is 6.33. The van der Waals surface area contributed by atoms with Gasteiger partial charge in [-0.3, -0.25) is 4.68 Å². The summed E-state index contributed by atoms with van der Waals surface area (Å²) in [5.41, 5.74) is 13.2. The number of aryl methyl sites for hydroxylation is 3. The molecule has 3 aromatic heterocycles. The van der Waals surface area contributed by atoms with E-state index >= 15 is 0 Å². The second kappa shape index (κ2) is 9.59. The summed E-state index contributed by atoms with van der Waals surface area (Å²) in [5.74, 6) is -0.0337. The zero-order valence-electron chi connectivity index (χ0n) is 21.8. The van der Waals surface area contributed by atoms with Crippen LogP contribution >= 0.6 is 11.6 Å². The van der Waals surface area contributed by atoms with Gasteiger partial charge < -0.3 is 20.2 Å². The van der Waals surface area contributed by atoms with Crippen LogP contribution in [0, 0.1) is 20.8 Å². The van der Waals surface area contributed by atoms with Gasteiger partial charge in [-0.2, -0.15) is 5.10 Å². The Morgan fingerprint density at radius 3 is 2.42 bits per heavy atom. The van der Waals surface area contributed by atoms with Gasteiger partial charge in [-0.05, 0) is 64.8 Å². The van der Waals surface area contributed by atoms with Gasteiger partial charge in [-0.1, -0.05) is 28.9 Å². The van der Waals surface area contributed by atoms with Crippen molar-refractivity contribution in [3.63, 3.8) is 0 Å². The number of aromatic nitrogens is 4. The Bertz CT molecular complexity index is 1440. The first-order valence-electron chi connectivity index (χ1n) is 11.8. The monoisotopic (exact) mass is 508 g/mol. The fourth-order valence-electron chi connectivity index (χ4n) is 4.64. The molecular weight excluding hydrogens is 476 g/mol. The van der Waals surface area contributed by atoms with Crippen LogP contribution in [-0.2, 0) is 18.3 Å². The molecule has 0 radical (unpaired) electrons. The lowest BCUT2D eigenvalue weighted by Crippen LogP contribution is -2.32.